The highest BCUT2D eigenvalue weighted by atomic mass is 35.5. The van der Waals surface area contributed by atoms with Gasteiger partial charge < -0.3 is 24.8 Å². The Balaban J connectivity index is 1.30. The van der Waals surface area contributed by atoms with Gasteiger partial charge in [0, 0.05) is 38.2 Å². The molecule has 1 aliphatic rings. The standard InChI is InChI=1S/C26H27ClN6O4/c1-16(34)25(35)32-11-8-17(9-12-32)37-18-6-7-20(22(13-18)36-2)30-26-29-14-19(27)24(31-26)21-15-28-23-5-3-4-10-33(21)23/h3-7,10,13-17,34H,8-9,11-12H2,1-2H3,(H,29,30,31)/t16-/m0/s1. The van der Waals surface area contributed by atoms with E-state index >= 15 is 0 Å². The fourth-order valence-electron chi connectivity index (χ4n) is 4.33. The Kier molecular flexibility index (Phi) is 7.11. The number of rotatable bonds is 7. The Hall–Kier alpha value is -3.89. The third-order valence-corrected chi connectivity index (χ3v) is 6.51. The number of carbonyl (C=O) groups is 1. The lowest BCUT2D eigenvalue weighted by atomic mass is 10.1. The zero-order chi connectivity index (χ0) is 25.9. The summed E-state index contributed by atoms with van der Waals surface area (Å²) in [5.74, 6) is 1.33. The molecule has 0 aliphatic carbocycles. The quantitative estimate of drug-likeness (QED) is 0.375. The Morgan fingerprint density at radius 1 is 1.19 bits per heavy atom. The second-order valence-corrected chi connectivity index (χ2v) is 9.18. The lowest BCUT2D eigenvalue weighted by molar-refractivity contribution is -0.141. The van der Waals surface area contributed by atoms with Gasteiger partial charge >= 0.3 is 0 Å². The van der Waals surface area contributed by atoms with E-state index in [0.717, 1.165) is 11.3 Å². The van der Waals surface area contributed by atoms with Crippen LogP contribution < -0.4 is 14.8 Å². The summed E-state index contributed by atoms with van der Waals surface area (Å²) >= 11 is 6.44. The molecule has 1 fully saturated rings. The number of aliphatic hydroxyl groups is 1. The highest BCUT2D eigenvalue weighted by Crippen LogP contribution is 2.33. The van der Waals surface area contributed by atoms with Gasteiger partial charge in [0.25, 0.3) is 5.91 Å². The minimum atomic E-state index is -0.984. The van der Waals surface area contributed by atoms with Gasteiger partial charge in [0.05, 0.1) is 35.9 Å². The monoisotopic (exact) mass is 522 g/mol. The molecule has 0 saturated carbocycles. The maximum Gasteiger partial charge on any atom is 0.251 e. The molecular formula is C26H27ClN6O4. The van der Waals surface area contributed by atoms with Crippen LogP contribution in [0.1, 0.15) is 19.8 Å². The molecule has 1 aliphatic heterocycles. The number of likely N-dealkylation sites (tertiary alicyclic amines) is 1. The molecule has 4 heterocycles. The van der Waals surface area contributed by atoms with Crippen LogP contribution in [0.2, 0.25) is 5.02 Å². The molecule has 1 amide bonds. The maximum atomic E-state index is 12.0. The zero-order valence-electron chi connectivity index (χ0n) is 20.5. The van der Waals surface area contributed by atoms with Crippen molar-refractivity contribution in [3.8, 4) is 22.9 Å². The third kappa shape index (κ3) is 5.30. The number of piperidine rings is 1. The van der Waals surface area contributed by atoms with Crippen molar-refractivity contribution < 1.29 is 19.4 Å². The number of aliphatic hydroxyl groups excluding tert-OH is 1. The molecule has 1 aromatic carbocycles. The Morgan fingerprint density at radius 2 is 2.00 bits per heavy atom. The molecule has 10 nitrogen and oxygen atoms in total. The van der Waals surface area contributed by atoms with E-state index < -0.39 is 6.10 Å². The predicted octanol–water partition coefficient (Wildman–Crippen LogP) is 3.95. The van der Waals surface area contributed by atoms with E-state index in [1.165, 1.54) is 6.92 Å². The molecule has 1 atom stereocenters. The summed E-state index contributed by atoms with van der Waals surface area (Å²) in [5, 5.41) is 13.1. The Morgan fingerprint density at radius 3 is 2.76 bits per heavy atom. The molecule has 5 rings (SSSR count). The normalized spacial score (nSPS) is 15.0. The topological polar surface area (TPSA) is 114 Å². The van der Waals surface area contributed by atoms with Crippen molar-refractivity contribution in [3.05, 3.63) is 60.0 Å². The minimum Gasteiger partial charge on any atom is -0.494 e. The first kappa shape index (κ1) is 24.8. The van der Waals surface area contributed by atoms with Crippen LogP contribution in [0.4, 0.5) is 11.6 Å². The van der Waals surface area contributed by atoms with E-state index in [0.29, 0.717) is 59.8 Å². The van der Waals surface area contributed by atoms with Crippen LogP contribution in [0.3, 0.4) is 0 Å². The molecular weight excluding hydrogens is 496 g/mol. The number of methoxy groups -OCH3 is 1. The Bertz CT molecular complexity index is 1420. The van der Waals surface area contributed by atoms with Crippen LogP contribution in [0, 0.1) is 0 Å². The van der Waals surface area contributed by atoms with Gasteiger partial charge in [-0.25, -0.2) is 15.0 Å². The van der Waals surface area contributed by atoms with Crippen molar-refractivity contribution >= 4 is 34.8 Å². The first-order chi connectivity index (χ1) is 17.9. The Labute approximate surface area is 218 Å². The van der Waals surface area contributed by atoms with E-state index in [2.05, 4.69) is 20.3 Å². The lowest BCUT2D eigenvalue weighted by Crippen LogP contribution is -2.45. The summed E-state index contributed by atoms with van der Waals surface area (Å²) in [5.41, 5.74) is 2.76. The number of hydrogen-bond acceptors (Lipinski definition) is 8. The highest BCUT2D eigenvalue weighted by Gasteiger charge is 2.26. The van der Waals surface area contributed by atoms with E-state index in [-0.39, 0.29) is 12.0 Å². The number of amides is 1. The minimum absolute atomic E-state index is 0.0331. The average Bonchev–Trinajstić information content (AvgIpc) is 3.34. The highest BCUT2D eigenvalue weighted by molar-refractivity contribution is 6.32. The SMILES string of the molecule is COc1cc(OC2CCN(C(=O)[C@H](C)O)CC2)ccc1Nc1ncc(Cl)c(-c2cnc3ccccn23)n1. The molecule has 0 spiro atoms. The van der Waals surface area contributed by atoms with E-state index in [4.69, 9.17) is 21.1 Å². The van der Waals surface area contributed by atoms with Crippen LogP contribution in [0.25, 0.3) is 17.0 Å². The van der Waals surface area contributed by atoms with Gasteiger partial charge in [-0.3, -0.25) is 9.20 Å². The molecule has 37 heavy (non-hydrogen) atoms. The first-order valence-corrected chi connectivity index (χ1v) is 12.3. The summed E-state index contributed by atoms with van der Waals surface area (Å²) < 4.78 is 13.6. The second-order valence-electron chi connectivity index (χ2n) is 8.77. The summed E-state index contributed by atoms with van der Waals surface area (Å²) in [7, 11) is 1.58. The van der Waals surface area contributed by atoms with Gasteiger partial charge in [-0.05, 0) is 31.2 Å². The van der Waals surface area contributed by atoms with E-state index in [1.807, 2.05) is 40.9 Å². The number of ether oxygens (including phenoxy) is 2. The summed E-state index contributed by atoms with van der Waals surface area (Å²) in [6.07, 6.45) is 5.53. The number of pyridine rings is 1. The molecule has 4 aromatic rings. The van der Waals surface area contributed by atoms with Crippen molar-refractivity contribution in [2.45, 2.75) is 32.0 Å². The molecule has 2 N–H and O–H groups in total. The van der Waals surface area contributed by atoms with Gasteiger partial charge in [0.1, 0.15) is 35.0 Å². The predicted molar refractivity (Wildman–Crippen MR) is 139 cm³/mol. The van der Waals surface area contributed by atoms with Crippen molar-refractivity contribution in [2.24, 2.45) is 0 Å². The zero-order valence-corrected chi connectivity index (χ0v) is 21.2. The lowest BCUT2D eigenvalue weighted by Gasteiger charge is -2.33. The van der Waals surface area contributed by atoms with Crippen molar-refractivity contribution in [2.75, 3.05) is 25.5 Å². The number of hydrogen-bond donors (Lipinski definition) is 2. The largest absolute Gasteiger partial charge is 0.494 e. The third-order valence-electron chi connectivity index (χ3n) is 6.24. The van der Waals surface area contributed by atoms with Crippen molar-refractivity contribution in [1.82, 2.24) is 24.3 Å². The number of benzene rings is 1. The number of carbonyl (C=O) groups excluding carboxylic acids is 1. The maximum absolute atomic E-state index is 12.0. The van der Waals surface area contributed by atoms with Gasteiger partial charge in [-0.15, -0.1) is 0 Å². The van der Waals surface area contributed by atoms with Crippen LogP contribution in [0.15, 0.2) is 55.0 Å². The van der Waals surface area contributed by atoms with Gasteiger partial charge in [0.2, 0.25) is 5.95 Å². The second kappa shape index (κ2) is 10.6. The number of halogens is 1. The first-order valence-electron chi connectivity index (χ1n) is 12.0. The van der Waals surface area contributed by atoms with Crippen LogP contribution in [-0.4, -0.2) is 67.7 Å². The number of imidazole rings is 1. The van der Waals surface area contributed by atoms with E-state index in [1.54, 1.807) is 30.5 Å². The molecule has 0 radical (unpaired) electrons. The fraction of sp³-hybridized carbons (Fsp3) is 0.308. The van der Waals surface area contributed by atoms with Gasteiger partial charge in [-0.2, -0.15) is 0 Å². The van der Waals surface area contributed by atoms with Gasteiger partial charge in [0.15, 0.2) is 0 Å². The number of nitrogens with one attached hydrogen (secondary N) is 1. The molecule has 192 valence electrons. The van der Waals surface area contributed by atoms with Crippen LogP contribution in [0.5, 0.6) is 11.5 Å². The molecule has 11 heteroatoms. The van der Waals surface area contributed by atoms with Gasteiger partial charge in [-0.1, -0.05) is 17.7 Å². The van der Waals surface area contributed by atoms with Crippen LogP contribution >= 0.6 is 11.6 Å². The molecule has 1 saturated heterocycles. The van der Waals surface area contributed by atoms with Crippen molar-refractivity contribution in [3.63, 3.8) is 0 Å². The summed E-state index contributed by atoms with van der Waals surface area (Å²) in [6.45, 7) is 2.59. The molecule has 3 aromatic heterocycles. The number of anilines is 2. The number of aromatic nitrogens is 4. The summed E-state index contributed by atoms with van der Waals surface area (Å²) in [4.78, 5) is 27.0. The van der Waals surface area contributed by atoms with Crippen LogP contribution in [-0.2, 0) is 4.79 Å². The number of nitrogens with zero attached hydrogens (tertiary/aromatic N) is 5. The molecule has 0 bridgehead atoms. The fourth-order valence-corrected chi connectivity index (χ4v) is 4.52. The summed E-state index contributed by atoms with van der Waals surface area (Å²) in [6, 6.07) is 11.2. The molecule has 0 unspecified atom stereocenters. The average molecular weight is 523 g/mol. The smallest absolute Gasteiger partial charge is 0.251 e. The number of fused-ring (bicyclic) bond motifs is 1. The van der Waals surface area contributed by atoms with E-state index in [9.17, 15) is 9.90 Å². The van der Waals surface area contributed by atoms with Crippen molar-refractivity contribution in [1.29, 1.82) is 0 Å².